The van der Waals surface area contributed by atoms with Crippen LogP contribution < -0.4 is 5.32 Å². The highest BCUT2D eigenvalue weighted by Crippen LogP contribution is 2.21. The van der Waals surface area contributed by atoms with Crippen molar-refractivity contribution in [1.82, 2.24) is 20.4 Å². The minimum Gasteiger partial charge on any atom is -0.381 e. The Labute approximate surface area is 113 Å². The normalized spacial score (nSPS) is 26.7. The van der Waals surface area contributed by atoms with Crippen LogP contribution in [0.15, 0.2) is 4.52 Å². The van der Waals surface area contributed by atoms with Crippen LogP contribution in [0.1, 0.15) is 31.1 Å². The summed E-state index contributed by atoms with van der Waals surface area (Å²) in [6.07, 6.45) is 1.98. The van der Waals surface area contributed by atoms with Crippen molar-refractivity contribution < 1.29 is 9.26 Å². The van der Waals surface area contributed by atoms with Crippen LogP contribution in [-0.2, 0) is 11.2 Å². The van der Waals surface area contributed by atoms with Gasteiger partial charge >= 0.3 is 0 Å². The highest BCUT2D eigenvalue weighted by atomic mass is 16.5. The summed E-state index contributed by atoms with van der Waals surface area (Å²) >= 11 is 0. The van der Waals surface area contributed by atoms with Crippen molar-refractivity contribution in [3.8, 4) is 0 Å². The summed E-state index contributed by atoms with van der Waals surface area (Å²) in [6.45, 7) is 7.98. The molecule has 0 spiro atoms. The summed E-state index contributed by atoms with van der Waals surface area (Å²) in [5.74, 6) is 2.13. The number of hydrogen-bond donors (Lipinski definition) is 1. The first-order chi connectivity index (χ1) is 9.33. The van der Waals surface area contributed by atoms with Gasteiger partial charge in [-0.15, -0.1) is 0 Å². The maximum Gasteiger partial charge on any atom is 0.243 e. The average molecular weight is 266 g/mol. The zero-order chi connectivity index (χ0) is 13.1. The third-order valence-corrected chi connectivity index (χ3v) is 4.04. The predicted octanol–water partition coefficient (Wildman–Crippen LogP) is 0.615. The molecule has 0 amide bonds. The average Bonchev–Trinajstić information content (AvgIpc) is 3.11. The van der Waals surface area contributed by atoms with Gasteiger partial charge in [-0.3, -0.25) is 4.90 Å². The van der Waals surface area contributed by atoms with Gasteiger partial charge in [0.1, 0.15) is 0 Å². The molecule has 19 heavy (non-hydrogen) atoms. The van der Waals surface area contributed by atoms with E-state index >= 15 is 0 Å². The topological polar surface area (TPSA) is 63.4 Å². The molecule has 2 unspecified atom stereocenters. The highest BCUT2D eigenvalue weighted by Gasteiger charge is 2.24. The van der Waals surface area contributed by atoms with Gasteiger partial charge in [0.05, 0.1) is 6.04 Å². The Balaban J connectivity index is 1.59. The summed E-state index contributed by atoms with van der Waals surface area (Å²) in [4.78, 5) is 6.93. The molecule has 2 aliphatic rings. The molecule has 0 radical (unpaired) electrons. The van der Waals surface area contributed by atoms with Crippen LogP contribution in [-0.4, -0.2) is 54.4 Å². The first kappa shape index (κ1) is 13.0. The summed E-state index contributed by atoms with van der Waals surface area (Å²) < 4.78 is 10.8. The quantitative estimate of drug-likeness (QED) is 0.861. The van der Waals surface area contributed by atoms with Crippen LogP contribution in [0.3, 0.4) is 0 Å². The van der Waals surface area contributed by atoms with Crippen LogP contribution in [0.4, 0.5) is 0 Å². The summed E-state index contributed by atoms with van der Waals surface area (Å²) in [6, 6.07) is 0.211. The van der Waals surface area contributed by atoms with Crippen LogP contribution in [0, 0.1) is 5.92 Å². The molecule has 2 atom stereocenters. The van der Waals surface area contributed by atoms with Crippen LogP contribution >= 0.6 is 0 Å². The SMILES string of the molecule is CC(c1nc(CC2CCOC2)no1)N1CCNCC1. The van der Waals surface area contributed by atoms with Crippen molar-refractivity contribution in [2.45, 2.75) is 25.8 Å². The molecule has 2 aliphatic heterocycles. The fraction of sp³-hybridized carbons (Fsp3) is 0.846. The molecule has 3 heterocycles. The Kier molecular flexibility index (Phi) is 4.10. The Morgan fingerprint density at radius 1 is 1.42 bits per heavy atom. The number of rotatable bonds is 4. The maximum atomic E-state index is 5.43. The van der Waals surface area contributed by atoms with Crippen molar-refractivity contribution in [3.63, 3.8) is 0 Å². The van der Waals surface area contributed by atoms with E-state index in [0.717, 1.165) is 63.9 Å². The molecule has 3 rings (SSSR count). The van der Waals surface area contributed by atoms with E-state index in [9.17, 15) is 0 Å². The predicted molar refractivity (Wildman–Crippen MR) is 69.8 cm³/mol. The second kappa shape index (κ2) is 5.98. The zero-order valence-electron chi connectivity index (χ0n) is 11.5. The molecule has 1 N–H and O–H groups in total. The molecule has 2 saturated heterocycles. The van der Waals surface area contributed by atoms with Gasteiger partial charge in [-0.25, -0.2) is 0 Å². The van der Waals surface area contributed by atoms with E-state index in [1.165, 1.54) is 0 Å². The molecule has 0 aromatic carbocycles. The van der Waals surface area contributed by atoms with Crippen molar-refractivity contribution in [2.24, 2.45) is 5.92 Å². The number of ether oxygens (including phenoxy) is 1. The smallest absolute Gasteiger partial charge is 0.243 e. The van der Waals surface area contributed by atoms with E-state index in [2.05, 4.69) is 27.3 Å². The molecule has 6 heteroatoms. The van der Waals surface area contributed by atoms with Crippen molar-refractivity contribution in [1.29, 1.82) is 0 Å². The number of nitrogens with one attached hydrogen (secondary N) is 1. The van der Waals surface area contributed by atoms with Crippen LogP contribution in [0.25, 0.3) is 0 Å². The highest BCUT2D eigenvalue weighted by molar-refractivity contribution is 4.94. The second-order valence-corrected chi connectivity index (χ2v) is 5.44. The lowest BCUT2D eigenvalue weighted by molar-refractivity contribution is 0.154. The summed E-state index contributed by atoms with van der Waals surface area (Å²) in [5.41, 5.74) is 0. The lowest BCUT2D eigenvalue weighted by atomic mass is 10.1. The lowest BCUT2D eigenvalue weighted by Crippen LogP contribution is -2.44. The van der Waals surface area contributed by atoms with E-state index in [4.69, 9.17) is 9.26 Å². The van der Waals surface area contributed by atoms with Gasteiger partial charge in [-0.1, -0.05) is 5.16 Å². The Morgan fingerprint density at radius 2 is 2.26 bits per heavy atom. The van der Waals surface area contributed by atoms with Crippen LogP contribution in [0.2, 0.25) is 0 Å². The Morgan fingerprint density at radius 3 is 3.00 bits per heavy atom. The molecular formula is C13H22N4O2. The Bertz CT molecular complexity index is 397. The largest absolute Gasteiger partial charge is 0.381 e. The molecule has 1 aromatic heterocycles. The molecular weight excluding hydrogens is 244 g/mol. The number of aromatic nitrogens is 2. The van der Waals surface area contributed by atoms with E-state index in [0.29, 0.717) is 5.92 Å². The zero-order valence-corrected chi connectivity index (χ0v) is 11.5. The van der Waals surface area contributed by atoms with Crippen molar-refractivity contribution in [3.05, 3.63) is 11.7 Å². The minimum atomic E-state index is 0.211. The molecule has 6 nitrogen and oxygen atoms in total. The number of hydrogen-bond acceptors (Lipinski definition) is 6. The third-order valence-electron chi connectivity index (χ3n) is 4.04. The van der Waals surface area contributed by atoms with Crippen molar-refractivity contribution in [2.75, 3.05) is 39.4 Å². The molecule has 2 fully saturated rings. The molecule has 0 saturated carbocycles. The van der Waals surface area contributed by atoms with E-state index in [1.807, 2.05) is 0 Å². The monoisotopic (exact) mass is 266 g/mol. The maximum absolute atomic E-state index is 5.43. The van der Waals surface area contributed by atoms with Gasteiger partial charge in [-0.2, -0.15) is 4.98 Å². The van der Waals surface area contributed by atoms with Crippen molar-refractivity contribution >= 4 is 0 Å². The fourth-order valence-electron chi connectivity index (χ4n) is 2.75. The number of nitrogens with zero attached hydrogens (tertiary/aromatic N) is 3. The molecule has 106 valence electrons. The van der Waals surface area contributed by atoms with Gasteiger partial charge in [0.2, 0.25) is 5.89 Å². The van der Waals surface area contributed by atoms with Gasteiger partial charge in [-0.05, 0) is 19.3 Å². The second-order valence-electron chi connectivity index (χ2n) is 5.44. The molecule has 1 aromatic rings. The fourth-order valence-corrected chi connectivity index (χ4v) is 2.75. The number of piperazine rings is 1. The molecule has 0 aliphatic carbocycles. The first-order valence-corrected chi connectivity index (χ1v) is 7.18. The van der Waals surface area contributed by atoms with E-state index < -0.39 is 0 Å². The van der Waals surface area contributed by atoms with E-state index in [1.54, 1.807) is 0 Å². The minimum absolute atomic E-state index is 0.211. The Hall–Kier alpha value is -0.980. The van der Waals surface area contributed by atoms with Gasteiger partial charge < -0.3 is 14.6 Å². The van der Waals surface area contributed by atoms with Gasteiger partial charge in [0, 0.05) is 45.8 Å². The molecule has 0 bridgehead atoms. The first-order valence-electron chi connectivity index (χ1n) is 7.18. The summed E-state index contributed by atoms with van der Waals surface area (Å²) in [5, 5.41) is 7.46. The third kappa shape index (κ3) is 3.13. The standard InChI is InChI=1S/C13H22N4O2/c1-10(17-5-3-14-4-6-17)13-15-12(16-19-13)8-11-2-7-18-9-11/h10-11,14H,2-9H2,1H3. The lowest BCUT2D eigenvalue weighted by Gasteiger charge is -2.30. The van der Waals surface area contributed by atoms with E-state index in [-0.39, 0.29) is 6.04 Å². The van der Waals surface area contributed by atoms with Gasteiger partial charge in [0.25, 0.3) is 0 Å². The van der Waals surface area contributed by atoms with Crippen LogP contribution in [0.5, 0.6) is 0 Å². The van der Waals surface area contributed by atoms with Gasteiger partial charge in [0.15, 0.2) is 5.82 Å². The summed E-state index contributed by atoms with van der Waals surface area (Å²) in [7, 11) is 0.